The zero-order valence-electron chi connectivity index (χ0n) is 26.4. The molecule has 2 aromatic carbocycles. The van der Waals surface area contributed by atoms with Gasteiger partial charge in [-0.25, -0.2) is 8.42 Å². The monoisotopic (exact) mass is 619 g/mol. The highest BCUT2D eigenvalue weighted by Crippen LogP contribution is 2.60. The first-order valence-corrected chi connectivity index (χ1v) is 18.7. The number of anilines is 1. The number of benzene rings is 2. The fourth-order valence-corrected chi connectivity index (χ4v) is 10.2. The summed E-state index contributed by atoms with van der Waals surface area (Å²) in [5.41, 5.74) is 2.92. The van der Waals surface area contributed by atoms with Crippen LogP contribution in [0.15, 0.2) is 54.6 Å². The second kappa shape index (κ2) is 12.9. The molecule has 2 amide bonds. The van der Waals surface area contributed by atoms with Gasteiger partial charge in [-0.3, -0.25) is 13.9 Å². The molecule has 1 N–H and O–H groups in total. The van der Waals surface area contributed by atoms with Crippen molar-refractivity contribution in [3.8, 4) is 0 Å². The number of hydrogen-bond acceptors (Lipinski definition) is 4. The minimum absolute atomic E-state index is 0.124. The van der Waals surface area contributed by atoms with Crippen LogP contribution in [-0.4, -0.2) is 50.0 Å². The van der Waals surface area contributed by atoms with E-state index in [9.17, 15) is 18.0 Å². The Morgan fingerprint density at radius 1 is 0.886 bits per heavy atom. The van der Waals surface area contributed by atoms with Crippen molar-refractivity contribution in [1.82, 2.24) is 10.2 Å². The molecule has 1 atom stereocenters. The van der Waals surface area contributed by atoms with E-state index in [1.54, 1.807) is 4.90 Å². The molecule has 0 spiro atoms. The van der Waals surface area contributed by atoms with E-state index < -0.39 is 16.1 Å². The summed E-state index contributed by atoms with van der Waals surface area (Å²) >= 11 is 0. The van der Waals surface area contributed by atoms with Crippen LogP contribution < -0.4 is 9.62 Å². The van der Waals surface area contributed by atoms with Gasteiger partial charge in [0.25, 0.3) is 0 Å². The molecule has 238 valence electrons. The quantitative estimate of drug-likeness (QED) is 0.326. The van der Waals surface area contributed by atoms with Crippen molar-refractivity contribution in [2.75, 3.05) is 17.1 Å². The number of nitrogens with one attached hydrogen (secondary N) is 1. The first-order valence-electron chi connectivity index (χ1n) is 16.9. The minimum Gasteiger partial charge on any atom is -0.352 e. The molecule has 5 aliphatic rings. The lowest BCUT2D eigenvalue weighted by Crippen LogP contribution is -2.54. The lowest BCUT2D eigenvalue weighted by atomic mass is 9.48. The van der Waals surface area contributed by atoms with Crippen LogP contribution in [0.25, 0.3) is 0 Å². The number of sulfonamides is 1. The molecule has 0 heterocycles. The van der Waals surface area contributed by atoms with Crippen molar-refractivity contribution < 1.29 is 18.0 Å². The Bertz CT molecular complexity index is 1380. The van der Waals surface area contributed by atoms with Crippen LogP contribution in [0.3, 0.4) is 0 Å². The molecule has 44 heavy (non-hydrogen) atoms. The van der Waals surface area contributed by atoms with E-state index in [4.69, 9.17) is 0 Å². The van der Waals surface area contributed by atoms with Crippen molar-refractivity contribution in [1.29, 1.82) is 0 Å². The molecule has 5 aliphatic carbocycles. The fraction of sp³-hybridized carbons (Fsp3) is 0.611. The Hall–Kier alpha value is -2.87. The minimum atomic E-state index is -3.77. The van der Waals surface area contributed by atoms with Crippen LogP contribution in [0.2, 0.25) is 0 Å². The van der Waals surface area contributed by atoms with E-state index >= 15 is 0 Å². The molecule has 0 aromatic heterocycles. The maximum atomic E-state index is 14.1. The Kier molecular flexibility index (Phi) is 9.10. The van der Waals surface area contributed by atoms with E-state index in [1.807, 2.05) is 49.4 Å². The highest BCUT2D eigenvalue weighted by molar-refractivity contribution is 7.92. The van der Waals surface area contributed by atoms with Crippen LogP contribution in [-0.2, 0) is 31.6 Å². The third-order valence-corrected chi connectivity index (χ3v) is 12.2. The zero-order valence-corrected chi connectivity index (χ0v) is 27.2. The van der Waals surface area contributed by atoms with Gasteiger partial charge in [-0.1, -0.05) is 68.7 Å². The number of nitrogens with zero attached hydrogens (tertiary/aromatic N) is 2. The third kappa shape index (κ3) is 6.70. The fourth-order valence-electron chi connectivity index (χ4n) is 9.30. The molecule has 7 nitrogen and oxygen atoms in total. The maximum Gasteiger partial charge on any atom is 0.244 e. The molecule has 5 saturated carbocycles. The van der Waals surface area contributed by atoms with Crippen molar-refractivity contribution >= 4 is 27.5 Å². The Balaban J connectivity index is 1.23. The number of carbonyl (C=O) groups excluding carboxylic acids is 2. The Morgan fingerprint density at radius 3 is 2.02 bits per heavy atom. The predicted octanol–water partition coefficient (Wildman–Crippen LogP) is 6.18. The molecule has 0 unspecified atom stereocenters. The number of carbonyl (C=O) groups is 2. The van der Waals surface area contributed by atoms with E-state index in [2.05, 4.69) is 17.4 Å². The van der Waals surface area contributed by atoms with Gasteiger partial charge in [0.05, 0.1) is 11.9 Å². The van der Waals surface area contributed by atoms with E-state index in [1.165, 1.54) is 54.8 Å². The van der Waals surface area contributed by atoms with E-state index in [0.29, 0.717) is 12.1 Å². The Morgan fingerprint density at radius 2 is 1.48 bits per heavy atom. The highest BCUT2D eigenvalue weighted by Gasteiger charge is 2.51. The molecule has 2 aromatic rings. The van der Waals surface area contributed by atoms with E-state index in [0.717, 1.165) is 55.3 Å². The lowest BCUT2D eigenvalue weighted by molar-refractivity contribution is -0.140. The van der Waals surface area contributed by atoms with Crippen LogP contribution in [0, 0.1) is 17.8 Å². The van der Waals surface area contributed by atoms with Gasteiger partial charge in [0.1, 0.15) is 12.6 Å². The molecule has 4 bridgehead atoms. The highest BCUT2D eigenvalue weighted by atomic mass is 32.2. The largest absolute Gasteiger partial charge is 0.352 e. The van der Waals surface area contributed by atoms with Gasteiger partial charge < -0.3 is 10.2 Å². The smallest absolute Gasteiger partial charge is 0.244 e. The van der Waals surface area contributed by atoms with Crippen LogP contribution >= 0.6 is 0 Å². The van der Waals surface area contributed by atoms with Crippen molar-refractivity contribution in [3.05, 3.63) is 65.7 Å². The van der Waals surface area contributed by atoms with Crippen LogP contribution in [0.4, 0.5) is 5.69 Å². The molecule has 0 saturated heterocycles. The standard InChI is InChI=1S/C36H49N3O4S/c1-3-33(35(41)37-31-12-8-5-9-13-31)38(24-26-10-6-4-7-11-26)34(40)25-39(44(2,42)43)32-16-14-30(15-17-32)36-21-27-18-28(22-36)20-29(19-27)23-36/h4,6-7,10-11,14-17,27-29,31,33H,3,5,8-9,12-13,18-25H2,1-2H3,(H,37,41)/t27?,28?,29?,33-,36?/m1/s1. The lowest BCUT2D eigenvalue weighted by Gasteiger charge is -2.57. The average Bonchev–Trinajstić information content (AvgIpc) is 2.99. The summed E-state index contributed by atoms with van der Waals surface area (Å²) in [6, 6.07) is 17.0. The first kappa shape index (κ1) is 31.1. The summed E-state index contributed by atoms with van der Waals surface area (Å²) < 4.78 is 27.5. The summed E-state index contributed by atoms with van der Waals surface area (Å²) in [7, 11) is -3.77. The molecule has 0 radical (unpaired) electrons. The van der Waals surface area contributed by atoms with Gasteiger partial charge in [-0.05, 0) is 104 Å². The summed E-state index contributed by atoms with van der Waals surface area (Å²) in [6.45, 7) is 1.79. The summed E-state index contributed by atoms with van der Waals surface area (Å²) in [6.07, 6.45) is 14.7. The number of hydrogen-bond donors (Lipinski definition) is 1. The summed E-state index contributed by atoms with van der Waals surface area (Å²) in [5.74, 6) is 1.93. The Labute approximate surface area is 263 Å². The maximum absolute atomic E-state index is 14.1. The van der Waals surface area contributed by atoms with Gasteiger partial charge in [0.15, 0.2) is 0 Å². The number of amides is 2. The topological polar surface area (TPSA) is 86.8 Å². The second-order valence-electron chi connectivity index (χ2n) is 14.3. The molecular weight excluding hydrogens is 570 g/mol. The van der Waals surface area contributed by atoms with Crippen molar-refractivity contribution in [2.45, 2.75) is 108 Å². The van der Waals surface area contributed by atoms with Gasteiger partial charge >= 0.3 is 0 Å². The van der Waals surface area contributed by atoms with E-state index in [-0.39, 0.29) is 36.4 Å². The SMILES string of the molecule is CC[C@H](C(=O)NC1CCCCC1)N(Cc1ccccc1)C(=O)CN(c1ccc(C23CC4CC(CC(C4)C2)C3)cc1)S(C)(=O)=O. The molecule has 7 rings (SSSR count). The molecule has 5 fully saturated rings. The van der Waals surface area contributed by atoms with Gasteiger partial charge in [-0.2, -0.15) is 0 Å². The van der Waals surface area contributed by atoms with Crippen LogP contribution in [0.1, 0.15) is 95.1 Å². The summed E-state index contributed by atoms with van der Waals surface area (Å²) in [5, 5.41) is 3.20. The summed E-state index contributed by atoms with van der Waals surface area (Å²) in [4.78, 5) is 29.3. The molecular formula is C36H49N3O4S. The molecule has 8 heteroatoms. The van der Waals surface area contributed by atoms with Gasteiger partial charge in [0.2, 0.25) is 21.8 Å². The van der Waals surface area contributed by atoms with Gasteiger partial charge in [0, 0.05) is 12.6 Å². The van der Waals surface area contributed by atoms with Crippen LogP contribution in [0.5, 0.6) is 0 Å². The third-order valence-electron chi connectivity index (χ3n) is 11.0. The van der Waals surface area contributed by atoms with Crippen molar-refractivity contribution in [2.24, 2.45) is 17.8 Å². The normalized spacial score (nSPS) is 27.1. The van der Waals surface area contributed by atoms with Gasteiger partial charge in [-0.15, -0.1) is 0 Å². The average molecular weight is 620 g/mol. The second-order valence-corrected chi connectivity index (χ2v) is 16.2. The zero-order chi connectivity index (χ0) is 30.9. The predicted molar refractivity (Wildman–Crippen MR) is 175 cm³/mol. The first-order chi connectivity index (χ1) is 21.1. The number of rotatable bonds is 11. The van der Waals surface area contributed by atoms with Crippen molar-refractivity contribution in [3.63, 3.8) is 0 Å². The molecule has 0 aliphatic heterocycles.